The zero-order valence-corrected chi connectivity index (χ0v) is 12.1. The Hall–Kier alpha value is -1.67. The summed E-state index contributed by atoms with van der Waals surface area (Å²) in [5.41, 5.74) is 9.37. The van der Waals surface area contributed by atoms with Crippen molar-refractivity contribution in [1.29, 1.82) is 0 Å². The van der Waals surface area contributed by atoms with E-state index in [0.717, 1.165) is 6.42 Å². The van der Waals surface area contributed by atoms with Crippen molar-refractivity contribution in [2.45, 2.75) is 38.6 Å². The van der Waals surface area contributed by atoms with Crippen LogP contribution < -0.4 is 5.73 Å². The van der Waals surface area contributed by atoms with Crippen LogP contribution in [0.15, 0.2) is 48.5 Å². The number of nitrogens with two attached hydrogens (primary N) is 1. The fourth-order valence-corrected chi connectivity index (χ4v) is 2.36. The Morgan fingerprint density at radius 3 is 2.20 bits per heavy atom. The number of benzene rings is 2. The van der Waals surface area contributed by atoms with E-state index in [1.165, 1.54) is 17.2 Å². The molecule has 0 amide bonds. The molecule has 2 heteroatoms. The molecule has 0 spiro atoms. The van der Waals surface area contributed by atoms with Gasteiger partial charge >= 0.3 is 0 Å². The van der Waals surface area contributed by atoms with Crippen LogP contribution in [0.1, 0.15) is 36.5 Å². The van der Waals surface area contributed by atoms with Crippen molar-refractivity contribution in [1.82, 2.24) is 0 Å². The van der Waals surface area contributed by atoms with E-state index < -0.39 is 0 Å². The minimum Gasteiger partial charge on any atom is -0.327 e. The summed E-state index contributed by atoms with van der Waals surface area (Å²) < 4.78 is 13.6. The lowest BCUT2D eigenvalue weighted by Crippen LogP contribution is -2.26. The summed E-state index contributed by atoms with van der Waals surface area (Å²) in [7, 11) is 0. The topological polar surface area (TPSA) is 26.0 Å². The minimum atomic E-state index is -0.168. The molecule has 106 valence electrons. The molecule has 0 saturated carbocycles. The Balaban J connectivity index is 1.97. The number of hydrogen-bond acceptors (Lipinski definition) is 1. The molecule has 20 heavy (non-hydrogen) atoms. The van der Waals surface area contributed by atoms with Gasteiger partial charge in [0, 0.05) is 6.04 Å². The molecule has 2 N–H and O–H groups in total. The van der Waals surface area contributed by atoms with Gasteiger partial charge in [0.1, 0.15) is 5.82 Å². The first-order valence-electron chi connectivity index (χ1n) is 7.14. The summed E-state index contributed by atoms with van der Waals surface area (Å²) in [5.74, 6) is 0.370. The van der Waals surface area contributed by atoms with Crippen LogP contribution in [-0.2, 0) is 12.8 Å². The zero-order chi connectivity index (χ0) is 14.5. The van der Waals surface area contributed by atoms with Crippen LogP contribution in [0, 0.1) is 5.82 Å². The molecule has 1 unspecified atom stereocenters. The van der Waals surface area contributed by atoms with Crippen LogP contribution in [0.4, 0.5) is 4.39 Å². The van der Waals surface area contributed by atoms with Gasteiger partial charge in [0.2, 0.25) is 0 Å². The van der Waals surface area contributed by atoms with E-state index in [0.29, 0.717) is 17.9 Å². The molecule has 0 aliphatic rings. The highest BCUT2D eigenvalue weighted by Gasteiger charge is 2.09. The largest absolute Gasteiger partial charge is 0.327 e. The zero-order valence-electron chi connectivity index (χ0n) is 12.1. The van der Waals surface area contributed by atoms with Crippen molar-refractivity contribution in [3.05, 3.63) is 71.0 Å². The highest BCUT2D eigenvalue weighted by atomic mass is 19.1. The molecule has 1 atom stereocenters. The summed E-state index contributed by atoms with van der Waals surface area (Å²) in [5, 5.41) is 0. The van der Waals surface area contributed by atoms with Gasteiger partial charge in [-0.25, -0.2) is 4.39 Å². The molecule has 0 fully saturated rings. The summed E-state index contributed by atoms with van der Waals surface area (Å²) in [6.45, 7) is 4.36. The van der Waals surface area contributed by atoms with Crippen LogP contribution in [0.3, 0.4) is 0 Å². The molecule has 2 rings (SSSR count). The predicted molar refractivity (Wildman–Crippen MR) is 82.3 cm³/mol. The van der Waals surface area contributed by atoms with Crippen LogP contribution in [0.5, 0.6) is 0 Å². The van der Waals surface area contributed by atoms with Gasteiger partial charge in [-0.15, -0.1) is 0 Å². The highest BCUT2D eigenvalue weighted by molar-refractivity contribution is 5.26. The first-order valence-corrected chi connectivity index (χ1v) is 7.14. The molecule has 0 saturated heterocycles. The van der Waals surface area contributed by atoms with Gasteiger partial charge in [-0.1, -0.05) is 56.3 Å². The van der Waals surface area contributed by atoms with E-state index in [-0.39, 0.29) is 11.9 Å². The Bertz CT molecular complexity index is 546. The second kappa shape index (κ2) is 6.67. The van der Waals surface area contributed by atoms with Crippen LogP contribution in [0.2, 0.25) is 0 Å². The van der Waals surface area contributed by atoms with Crippen LogP contribution in [-0.4, -0.2) is 6.04 Å². The predicted octanol–water partition coefficient (Wildman–Crippen LogP) is 4.06. The number of halogens is 1. The standard InChI is InChI=1S/C18H22FN/c1-13(2)15-9-7-14(8-10-15)11-17(20)12-16-5-3-4-6-18(16)19/h3-10,13,17H,11-12,20H2,1-2H3. The molecule has 0 aliphatic carbocycles. The third-order valence-electron chi connectivity index (χ3n) is 3.58. The van der Waals surface area contributed by atoms with E-state index >= 15 is 0 Å². The average molecular weight is 271 g/mol. The third-order valence-corrected chi connectivity index (χ3v) is 3.58. The third kappa shape index (κ3) is 3.91. The summed E-state index contributed by atoms with van der Waals surface area (Å²) in [6.07, 6.45) is 1.34. The summed E-state index contributed by atoms with van der Waals surface area (Å²) in [4.78, 5) is 0. The van der Waals surface area contributed by atoms with Gasteiger partial charge in [0.05, 0.1) is 0 Å². The monoisotopic (exact) mass is 271 g/mol. The molecule has 2 aromatic carbocycles. The van der Waals surface area contributed by atoms with Gasteiger partial charge < -0.3 is 5.73 Å². The Labute approximate surface area is 120 Å². The SMILES string of the molecule is CC(C)c1ccc(CC(N)Cc2ccccc2F)cc1. The van der Waals surface area contributed by atoms with E-state index in [1.54, 1.807) is 12.1 Å². The van der Waals surface area contributed by atoms with E-state index in [4.69, 9.17) is 5.73 Å². The summed E-state index contributed by atoms with van der Waals surface area (Å²) in [6, 6.07) is 15.3. The van der Waals surface area contributed by atoms with Crippen molar-refractivity contribution < 1.29 is 4.39 Å². The van der Waals surface area contributed by atoms with Crippen molar-refractivity contribution in [2.75, 3.05) is 0 Å². The number of rotatable bonds is 5. The maximum atomic E-state index is 13.6. The van der Waals surface area contributed by atoms with E-state index in [9.17, 15) is 4.39 Å². The second-order valence-corrected chi connectivity index (χ2v) is 5.66. The van der Waals surface area contributed by atoms with E-state index in [2.05, 4.69) is 38.1 Å². The first-order chi connectivity index (χ1) is 9.56. The fourth-order valence-electron chi connectivity index (χ4n) is 2.36. The maximum absolute atomic E-state index is 13.6. The van der Waals surface area contributed by atoms with Gasteiger partial charge in [-0.2, -0.15) is 0 Å². The molecule has 0 heterocycles. The lowest BCUT2D eigenvalue weighted by molar-refractivity contribution is 0.584. The Morgan fingerprint density at radius 2 is 1.60 bits per heavy atom. The quantitative estimate of drug-likeness (QED) is 0.872. The molecular formula is C18H22FN. The number of hydrogen-bond donors (Lipinski definition) is 1. The summed E-state index contributed by atoms with van der Waals surface area (Å²) >= 11 is 0. The minimum absolute atomic E-state index is 0.0585. The fraction of sp³-hybridized carbons (Fsp3) is 0.333. The van der Waals surface area contributed by atoms with Crippen LogP contribution in [0.25, 0.3) is 0 Å². The molecule has 0 bridgehead atoms. The molecule has 1 nitrogen and oxygen atoms in total. The Kier molecular flexibility index (Phi) is 4.91. The van der Waals surface area contributed by atoms with Crippen molar-refractivity contribution in [3.63, 3.8) is 0 Å². The van der Waals surface area contributed by atoms with Gasteiger partial charge in [0.25, 0.3) is 0 Å². The molecule has 0 aliphatic heterocycles. The van der Waals surface area contributed by atoms with Crippen molar-refractivity contribution in [2.24, 2.45) is 5.73 Å². The van der Waals surface area contributed by atoms with Crippen molar-refractivity contribution in [3.8, 4) is 0 Å². The molecule has 0 aromatic heterocycles. The van der Waals surface area contributed by atoms with Gasteiger partial charge in [-0.05, 0) is 41.5 Å². The lowest BCUT2D eigenvalue weighted by Gasteiger charge is -2.13. The van der Waals surface area contributed by atoms with Crippen molar-refractivity contribution >= 4 is 0 Å². The molecule has 2 aromatic rings. The second-order valence-electron chi connectivity index (χ2n) is 5.66. The normalized spacial score (nSPS) is 12.7. The molecular weight excluding hydrogens is 249 g/mol. The Morgan fingerprint density at radius 1 is 0.950 bits per heavy atom. The highest BCUT2D eigenvalue weighted by Crippen LogP contribution is 2.16. The maximum Gasteiger partial charge on any atom is 0.126 e. The average Bonchev–Trinajstić information content (AvgIpc) is 2.42. The first kappa shape index (κ1) is 14.7. The van der Waals surface area contributed by atoms with Gasteiger partial charge in [0.15, 0.2) is 0 Å². The molecule has 0 radical (unpaired) electrons. The van der Waals surface area contributed by atoms with E-state index in [1.807, 2.05) is 6.07 Å². The van der Waals surface area contributed by atoms with Crippen LogP contribution >= 0.6 is 0 Å². The van der Waals surface area contributed by atoms with Gasteiger partial charge in [-0.3, -0.25) is 0 Å². The lowest BCUT2D eigenvalue weighted by atomic mass is 9.96. The smallest absolute Gasteiger partial charge is 0.126 e.